The lowest BCUT2D eigenvalue weighted by atomic mass is 9.92. The molecule has 0 aliphatic carbocycles. The highest BCUT2D eigenvalue weighted by Crippen LogP contribution is 2.28. The van der Waals surface area contributed by atoms with E-state index in [2.05, 4.69) is 5.32 Å². The van der Waals surface area contributed by atoms with Crippen molar-refractivity contribution in [1.82, 2.24) is 19.4 Å². The minimum absolute atomic E-state index is 0.161. The van der Waals surface area contributed by atoms with E-state index in [-0.39, 0.29) is 36.9 Å². The van der Waals surface area contributed by atoms with E-state index in [4.69, 9.17) is 0 Å². The van der Waals surface area contributed by atoms with Gasteiger partial charge in [0, 0.05) is 26.2 Å². The molecule has 4 rings (SSSR count). The normalized spacial score (nSPS) is 22.6. The summed E-state index contributed by atoms with van der Waals surface area (Å²) in [5, 5.41) is 4.38. The summed E-state index contributed by atoms with van der Waals surface area (Å²) in [5.41, 5.74) is -0.595. The van der Waals surface area contributed by atoms with Gasteiger partial charge in [-0.25, -0.2) is 13.2 Å². The minimum atomic E-state index is -3.57. The summed E-state index contributed by atoms with van der Waals surface area (Å²) in [4.78, 5) is 40.6. The third kappa shape index (κ3) is 3.84. The highest BCUT2D eigenvalue weighted by molar-refractivity contribution is 7.91. The Morgan fingerprint density at radius 1 is 1.06 bits per heavy atom. The van der Waals surface area contributed by atoms with Crippen LogP contribution in [-0.2, 0) is 25.2 Å². The Labute approximate surface area is 184 Å². The van der Waals surface area contributed by atoms with Crippen molar-refractivity contribution < 1.29 is 22.8 Å². The van der Waals surface area contributed by atoms with E-state index in [9.17, 15) is 22.8 Å². The van der Waals surface area contributed by atoms with Crippen LogP contribution in [0.5, 0.6) is 0 Å². The van der Waals surface area contributed by atoms with Crippen LogP contribution in [0, 0.1) is 0 Å². The zero-order chi connectivity index (χ0) is 22.2. The maximum atomic E-state index is 13.0. The van der Waals surface area contributed by atoms with Gasteiger partial charge in [-0.3, -0.25) is 14.5 Å². The quantitative estimate of drug-likeness (QED) is 0.669. The van der Waals surface area contributed by atoms with Crippen molar-refractivity contribution in [3.63, 3.8) is 0 Å². The molecule has 1 aromatic heterocycles. The van der Waals surface area contributed by atoms with Crippen LogP contribution in [0.1, 0.15) is 12.5 Å². The van der Waals surface area contributed by atoms with Crippen LogP contribution >= 0.6 is 11.3 Å². The van der Waals surface area contributed by atoms with Gasteiger partial charge in [0.1, 0.15) is 16.3 Å². The SMILES string of the molecule is C[C@@]1(c2ccccc2)NC(=O)N(CC(=O)N2CCN(S(=O)(=O)c3cccs3)CC2)C1=O. The first-order valence-electron chi connectivity index (χ1n) is 9.74. The van der Waals surface area contributed by atoms with Crippen molar-refractivity contribution in [2.24, 2.45) is 0 Å². The standard InChI is InChI=1S/C20H22N4O5S2/c1-20(15-6-3-2-4-7-15)18(26)24(19(27)21-20)14-16(25)22-9-11-23(12-10-22)31(28,29)17-8-5-13-30-17/h2-8,13H,9-12,14H2,1H3,(H,21,27)/t20-/m0/s1. The van der Waals surface area contributed by atoms with Crippen molar-refractivity contribution in [3.05, 3.63) is 53.4 Å². The van der Waals surface area contributed by atoms with Gasteiger partial charge in [-0.15, -0.1) is 11.3 Å². The number of urea groups is 1. The fourth-order valence-electron chi connectivity index (χ4n) is 3.76. The van der Waals surface area contributed by atoms with Gasteiger partial charge in [0.05, 0.1) is 0 Å². The van der Waals surface area contributed by atoms with Gasteiger partial charge in [0.25, 0.3) is 15.9 Å². The van der Waals surface area contributed by atoms with Crippen molar-refractivity contribution in [2.75, 3.05) is 32.7 Å². The average Bonchev–Trinajstić information content (AvgIpc) is 3.39. The molecule has 0 spiro atoms. The first kappa shape index (κ1) is 21.5. The van der Waals surface area contributed by atoms with E-state index in [0.717, 1.165) is 16.2 Å². The second-order valence-electron chi connectivity index (χ2n) is 7.53. The van der Waals surface area contributed by atoms with Crippen LogP contribution < -0.4 is 5.32 Å². The van der Waals surface area contributed by atoms with Gasteiger partial charge >= 0.3 is 6.03 Å². The summed E-state index contributed by atoms with van der Waals surface area (Å²) in [6, 6.07) is 11.5. The third-order valence-electron chi connectivity index (χ3n) is 5.60. The number of sulfonamides is 1. The van der Waals surface area contributed by atoms with Gasteiger partial charge in [0.2, 0.25) is 5.91 Å². The number of amides is 4. The smallest absolute Gasteiger partial charge is 0.325 e. The average molecular weight is 463 g/mol. The Kier molecular flexibility index (Phi) is 5.58. The molecule has 1 aromatic carbocycles. The van der Waals surface area contributed by atoms with Crippen LogP contribution in [0.25, 0.3) is 0 Å². The summed E-state index contributed by atoms with van der Waals surface area (Å²) < 4.78 is 26.9. The highest BCUT2D eigenvalue weighted by atomic mass is 32.2. The molecule has 31 heavy (non-hydrogen) atoms. The van der Waals surface area contributed by atoms with Crippen molar-refractivity contribution in [3.8, 4) is 0 Å². The number of piperazine rings is 1. The van der Waals surface area contributed by atoms with Crippen molar-refractivity contribution in [1.29, 1.82) is 0 Å². The Morgan fingerprint density at radius 3 is 2.35 bits per heavy atom. The zero-order valence-corrected chi connectivity index (χ0v) is 18.5. The number of carbonyl (C=O) groups is 3. The molecule has 2 fully saturated rings. The van der Waals surface area contributed by atoms with Gasteiger partial charge in [-0.05, 0) is 23.9 Å². The fraction of sp³-hybridized carbons (Fsp3) is 0.350. The summed E-state index contributed by atoms with van der Waals surface area (Å²) >= 11 is 1.15. The zero-order valence-electron chi connectivity index (χ0n) is 16.9. The van der Waals surface area contributed by atoms with E-state index in [1.807, 2.05) is 6.07 Å². The van der Waals surface area contributed by atoms with Gasteiger partial charge in [-0.2, -0.15) is 4.31 Å². The molecular weight excluding hydrogens is 440 g/mol. The molecule has 0 saturated carbocycles. The Balaban J connectivity index is 1.39. The second-order valence-corrected chi connectivity index (χ2v) is 10.6. The lowest BCUT2D eigenvalue weighted by Gasteiger charge is -2.34. The monoisotopic (exact) mass is 462 g/mol. The molecule has 2 aliphatic rings. The van der Waals surface area contributed by atoms with Gasteiger partial charge in [-0.1, -0.05) is 36.4 Å². The molecule has 1 N–H and O–H groups in total. The van der Waals surface area contributed by atoms with E-state index in [1.54, 1.807) is 48.7 Å². The molecule has 0 unspecified atom stereocenters. The van der Waals surface area contributed by atoms with E-state index >= 15 is 0 Å². The number of carbonyl (C=O) groups excluding carboxylic acids is 3. The number of hydrogen-bond donors (Lipinski definition) is 1. The van der Waals surface area contributed by atoms with Crippen molar-refractivity contribution >= 4 is 39.2 Å². The number of thiophene rings is 1. The predicted molar refractivity (Wildman–Crippen MR) is 114 cm³/mol. The molecule has 1 atom stereocenters. The minimum Gasteiger partial charge on any atom is -0.338 e. The molecule has 2 saturated heterocycles. The number of rotatable bonds is 5. The topological polar surface area (TPSA) is 107 Å². The molecule has 164 valence electrons. The molecule has 4 amide bonds. The molecule has 0 radical (unpaired) electrons. The number of benzene rings is 1. The highest BCUT2D eigenvalue weighted by Gasteiger charge is 2.49. The molecule has 3 heterocycles. The number of hydrogen-bond acceptors (Lipinski definition) is 6. The molecule has 9 nitrogen and oxygen atoms in total. The predicted octanol–water partition coefficient (Wildman–Crippen LogP) is 1.05. The summed E-state index contributed by atoms with van der Waals surface area (Å²) in [7, 11) is -3.57. The molecule has 0 bridgehead atoms. The fourth-order valence-corrected chi connectivity index (χ4v) is 6.33. The molecule has 2 aromatic rings. The first-order chi connectivity index (χ1) is 14.7. The Hall–Kier alpha value is -2.76. The lowest BCUT2D eigenvalue weighted by molar-refractivity contribution is -0.139. The lowest BCUT2D eigenvalue weighted by Crippen LogP contribution is -2.53. The van der Waals surface area contributed by atoms with E-state index in [0.29, 0.717) is 5.56 Å². The number of nitrogens with zero attached hydrogens (tertiary/aromatic N) is 3. The molecule has 11 heteroatoms. The van der Waals surface area contributed by atoms with E-state index in [1.165, 1.54) is 9.21 Å². The van der Waals surface area contributed by atoms with Crippen LogP contribution in [-0.4, -0.2) is 73.1 Å². The van der Waals surface area contributed by atoms with Crippen molar-refractivity contribution in [2.45, 2.75) is 16.7 Å². The molecule has 2 aliphatic heterocycles. The Morgan fingerprint density at radius 2 is 1.74 bits per heavy atom. The number of nitrogens with one attached hydrogen (secondary N) is 1. The Bertz CT molecular complexity index is 1100. The van der Waals surface area contributed by atoms with Crippen LogP contribution in [0.15, 0.2) is 52.1 Å². The summed E-state index contributed by atoms with van der Waals surface area (Å²) in [6.07, 6.45) is 0. The first-order valence-corrected chi connectivity index (χ1v) is 12.1. The largest absolute Gasteiger partial charge is 0.338 e. The van der Waals surface area contributed by atoms with Crippen LogP contribution in [0.4, 0.5) is 4.79 Å². The third-order valence-corrected chi connectivity index (χ3v) is 8.87. The van der Waals surface area contributed by atoms with Crippen LogP contribution in [0.3, 0.4) is 0 Å². The van der Waals surface area contributed by atoms with E-state index < -0.39 is 33.4 Å². The maximum absolute atomic E-state index is 13.0. The van der Waals surface area contributed by atoms with Gasteiger partial charge < -0.3 is 10.2 Å². The second kappa shape index (κ2) is 8.06. The summed E-state index contributed by atoms with van der Waals surface area (Å²) in [6.45, 7) is 1.94. The molecular formula is C20H22N4O5S2. The van der Waals surface area contributed by atoms with Gasteiger partial charge in [0.15, 0.2) is 0 Å². The number of imide groups is 1. The maximum Gasteiger partial charge on any atom is 0.325 e. The van der Waals surface area contributed by atoms with Crippen LogP contribution in [0.2, 0.25) is 0 Å². The summed E-state index contributed by atoms with van der Waals surface area (Å²) in [5.74, 6) is -0.884.